The van der Waals surface area contributed by atoms with Crippen molar-refractivity contribution in [2.24, 2.45) is 0 Å². The van der Waals surface area contributed by atoms with Crippen LogP contribution in [-0.2, 0) is 23.6 Å². The molecule has 9 heteroatoms. The average Bonchev–Trinajstić information content (AvgIpc) is 1.78. The Labute approximate surface area is 82.3 Å². The molecule has 0 fully saturated rings. The van der Waals surface area contributed by atoms with Gasteiger partial charge < -0.3 is 14.5 Å². The normalized spacial score (nSPS) is 15.4. The first-order valence-electron chi connectivity index (χ1n) is 3.68. The molecule has 1 atom stereocenters. The predicted molar refractivity (Wildman–Crippen MR) is 48.3 cm³/mol. The van der Waals surface area contributed by atoms with E-state index >= 15 is 0 Å². The Hall–Kier alpha value is 0.0200. The van der Waals surface area contributed by atoms with Crippen LogP contribution in [0.3, 0.4) is 0 Å². The van der Waals surface area contributed by atoms with Crippen LogP contribution in [-0.4, -0.2) is 43.5 Å². The first-order valence-corrected chi connectivity index (χ1v) is 7.30. The Bertz CT molecular complexity index is 304. The van der Waals surface area contributed by atoms with Gasteiger partial charge in [0, 0.05) is 6.61 Å². The van der Waals surface area contributed by atoms with Gasteiger partial charge in [0.05, 0.1) is 6.26 Å². The van der Waals surface area contributed by atoms with Gasteiger partial charge in [0.15, 0.2) is 6.29 Å². The standard InChI is InChI=1S/C5H13O7PS/c1-3-11-5(4-13(6,7)8)12-14(2,9)10/h5H,3-4H2,1-2H3,(H2,6,7,8)/t5-/m1/s1. The zero-order valence-electron chi connectivity index (χ0n) is 7.78. The minimum Gasteiger partial charge on any atom is -0.351 e. The van der Waals surface area contributed by atoms with Crippen LogP contribution in [0.15, 0.2) is 0 Å². The van der Waals surface area contributed by atoms with Crippen molar-refractivity contribution in [3.05, 3.63) is 0 Å². The van der Waals surface area contributed by atoms with Crippen molar-refractivity contribution in [1.82, 2.24) is 0 Å². The van der Waals surface area contributed by atoms with Crippen LogP contribution < -0.4 is 0 Å². The van der Waals surface area contributed by atoms with E-state index in [0.717, 1.165) is 6.26 Å². The number of ether oxygens (including phenoxy) is 1. The Kier molecular flexibility index (Phi) is 5.21. The summed E-state index contributed by atoms with van der Waals surface area (Å²) >= 11 is 0. The largest absolute Gasteiger partial charge is 0.351 e. The fourth-order valence-corrected chi connectivity index (χ4v) is 1.87. The van der Waals surface area contributed by atoms with Gasteiger partial charge in [-0.15, -0.1) is 0 Å². The molecular formula is C5H13O7PS. The molecule has 0 saturated carbocycles. The molecule has 0 unspecified atom stereocenters. The third-order valence-corrected chi connectivity index (χ3v) is 2.36. The Morgan fingerprint density at radius 2 is 1.93 bits per heavy atom. The van der Waals surface area contributed by atoms with Gasteiger partial charge in [0.2, 0.25) is 0 Å². The maximum Gasteiger partial charge on any atom is 0.330 e. The molecular weight excluding hydrogens is 235 g/mol. The lowest BCUT2D eigenvalue weighted by Crippen LogP contribution is -2.24. The SMILES string of the molecule is CCO[C@@H](CP(=O)(O)O)OS(C)(=O)=O. The second kappa shape index (κ2) is 5.20. The molecule has 7 nitrogen and oxygen atoms in total. The van der Waals surface area contributed by atoms with E-state index in [1.807, 2.05) is 0 Å². The summed E-state index contributed by atoms with van der Waals surface area (Å²) in [5.74, 6) is 0. The molecule has 0 bridgehead atoms. The second-order valence-electron chi connectivity index (χ2n) is 2.53. The summed E-state index contributed by atoms with van der Waals surface area (Å²) in [6, 6.07) is 0. The van der Waals surface area contributed by atoms with Crippen molar-refractivity contribution >= 4 is 17.7 Å². The van der Waals surface area contributed by atoms with Crippen molar-refractivity contribution in [2.45, 2.75) is 13.2 Å². The van der Waals surface area contributed by atoms with Crippen molar-refractivity contribution in [3.8, 4) is 0 Å². The van der Waals surface area contributed by atoms with Gasteiger partial charge in [-0.3, -0.25) is 4.57 Å². The molecule has 0 aromatic carbocycles. The van der Waals surface area contributed by atoms with Crippen LogP contribution in [0.2, 0.25) is 0 Å². The van der Waals surface area contributed by atoms with E-state index in [1.165, 1.54) is 0 Å². The van der Waals surface area contributed by atoms with Crippen LogP contribution in [0, 0.1) is 0 Å². The molecule has 2 N–H and O–H groups in total. The maximum atomic E-state index is 10.6. The number of hydrogen-bond donors (Lipinski definition) is 2. The molecule has 0 amide bonds. The molecule has 0 aliphatic rings. The lowest BCUT2D eigenvalue weighted by Gasteiger charge is -2.16. The minimum absolute atomic E-state index is 0.0974. The quantitative estimate of drug-likeness (QED) is 0.370. The van der Waals surface area contributed by atoms with Gasteiger partial charge in [-0.2, -0.15) is 8.42 Å². The summed E-state index contributed by atoms with van der Waals surface area (Å²) in [5.41, 5.74) is 0. The van der Waals surface area contributed by atoms with E-state index < -0.39 is 30.2 Å². The molecule has 86 valence electrons. The molecule has 0 spiro atoms. The maximum absolute atomic E-state index is 10.6. The second-order valence-corrected chi connectivity index (χ2v) is 5.83. The lowest BCUT2D eigenvalue weighted by molar-refractivity contribution is -0.0564. The highest BCUT2D eigenvalue weighted by molar-refractivity contribution is 7.86. The summed E-state index contributed by atoms with van der Waals surface area (Å²) in [4.78, 5) is 17.1. The number of rotatable bonds is 6. The van der Waals surface area contributed by atoms with E-state index in [-0.39, 0.29) is 6.61 Å². The molecule has 0 radical (unpaired) electrons. The summed E-state index contributed by atoms with van der Waals surface area (Å²) in [6.07, 6.45) is -1.44. The molecule has 0 aromatic heterocycles. The highest BCUT2D eigenvalue weighted by Gasteiger charge is 2.25. The molecule has 14 heavy (non-hydrogen) atoms. The van der Waals surface area contributed by atoms with Crippen molar-refractivity contribution < 1.29 is 31.7 Å². The summed E-state index contributed by atoms with van der Waals surface area (Å²) in [5, 5.41) is 0. The van der Waals surface area contributed by atoms with Crippen LogP contribution in [0.25, 0.3) is 0 Å². The van der Waals surface area contributed by atoms with E-state index in [4.69, 9.17) is 14.5 Å². The zero-order chi connectivity index (χ0) is 11.4. The monoisotopic (exact) mass is 248 g/mol. The topological polar surface area (TPSA) is 110 Å². The van der Waals surface area contributed by atoms with E-state index in [9.17, 15) is 13.0 Å². The first kappa shape index (κ1) is 14.0. The van der Waals surface area contributed by atoms with Gasteiger partial charge in [0.25, 0.3) is 10.1 Å². The van der Waals surface area contributed by atoms with Gasteiger partial charge in [-0.25, -0.2) is 4.18 Å². The van der Waals surface area contributed by atoms with Crippen LogP contribution in [0.1, 0.15) is 6.92 Å². The van der Waals surface area contributed by atoms with Crippen LogP contribution >= 0.6 is 7.60 Å². The Balaban J connectivity index is 4.38. The lowest BCUT2D eigenvalue weighted by atomic mass is 10.7. The highest BCUT2D eigenvalue weighted by atomic mass is 32.2. The molecule has 0 aromatic rings. The van der Waals surface area contributed by atoms with Gasteiger partial charge in [-0.1, -0.05) is 0 Å². The van der Waals surface area contributed by atoms with Crippen molar-refractivity contribution in [2.75, 3.05) is 19.0 Å². The first-order chi connectivity index (χ1) is 6.14. The molecule has 0 heterocycles. The highest BCUT2D eigenvalue weighted by Crippen LogP contribution is 2.36. The summed E-state index contributed by atoms with van der Waals surface area (Å²) in [6.45, 7) is 1.65. The van der Waals surface area contributed by atoms with E-state index in [2.05, 4.69) is 4.18 Å². The van der Waals surface area contributed by atoms with E-state index in [1.54, 1.807) is 6.92 Å². The van der Waals surface area contributed by atoms with Gasteiger partial charge >= 0.3 is 7.60 Å². The van der Waals surface area contributed by atoms with Crippen molar-refractivity contribution in [1.29, 1.82) is 0 Å². The van der Waals surface area contributed by atoms with Crippen molar-refractivity contribution in [3.63, 3.8) is 0 Å². The predicted octanol–water partition coefficient (Wildman–Crippen LogP) is -0.497. The van der Waals surface area contributed by atoms with E-state index in [0.29, 0.717) is 0 Å². The van der Waals surface area contributed by atoms with Gasteiger partial charge in [0.1, 0.15) is 6.16 Å². The smallest absolute Gasteiger partial charge is 0.330 e. The fourth-order valence-electron chi connectivity index (χ4n) is 0.686. The minimum atomic E-state index is -4.35. The Morgan fingerprint density at radius 3 is 2.21 bits per heavy atom. The number of hydrogen-bond acceptors (Lipinski definition) is 5. The Morgan fingerprint density at radius 1 is 1.43 bits per heavy atom. The third kappa shape index (κ3) is 8.61. The average molecular weight is 248 g/mol. The fraction of sp³-hybridized carbons (Fsp3) is 1.00. The van der Waals surface area contributed by atoms with Crippen LogP contribution in [0.4, 0.5) is 0 Å². The zero-order valence-corrected chi connectivity index (χ0v) is 9.49. The summed E-state index contributed by atoms with van der Waals surface area (Å²) < 4.78 is 40.8. The third-order valence-electron chi connectivity index (χ3n) is 1.02. The molecule has 0 aliphatic carbocycles. The van der Waals surface area contributed by atoms with Crippen LogP contribution in [0.5, 0.6) is 0 Å². The molecule has 0 saturated heterocycles. The molecule has 0 rings (SSSR count). The van der Waals surface area contributed by atoms with Gasteiger partial charge in [-0.05, 0) is 6.92 Å². The summed E-state index contributed by atoms with van der Waals surface area (Å²) in [7, 11) is -8.14. The molecule has 0 aliphatic heterocycles.